The molecule has 0 aromatic heterocycles. The predicted octanol–water partition coefficient (Wildman–Crippen LogP) is 1.86. The minimum Gasteiger partial charge on any atom is -0.212 e. The van der Waals surface area contributed by atoms with Crippen molar-refractivity contribution in [3.8, 4) is 0 Å². The van der Waals surface area contributed by atoms with E-state index in [1.807, 2.05) is 6.92 Å². The third-order valence-corrected chi connectivity index (χ3v) is 6.09. The van der Waals surface area contributed by atoms with Crippen molar-refractivity contribution < 1.29 is 8.42 Å². The molecule has 0 unspecified atom stereocenters. The number of halogens is 2. The molecule has 1 N–H and O–H groups in total. The zero-order valence-corrected chi connectivity index (χ0v) is 12.0. The molecule has 6 heteroatoms. The molecule has 0 aromatic rings. The van der Waals surface area contributed by atoms with Crippen molar-refractivity contribution >= 4 is 41.9 Å². The van der Waals surface area contributed by atoms with Gasteiger partial charge in [-0.3, -0.25) is 0 Å². The maximum absolute atomic E-state index is 11.5. The topological polar surface area (TPSA) is 46.2 Å². The van der Waals surface area contributed by atoms with Gasteiger partial charge >= 0.3 is 0 Å². The highest BCUT2D eigenvalue weighted by Gasteiger charge is 2.29. The first-order valence-corrected chi connectivity index (χ1v) is 7.71. The Morgan fingerprint density at radius 3 is 1.92 bits per heavy atom. The van der Waals surface area contributed by atoms with Gasteiger partial charge in [-0.1, -0.05) is 31.9 Å². The summed E-state index contributed by atoms with van der Waals surface area (Å²) in [4.78, 5) is 0. The first-order valence-electron chi connectivity index (χ1n) is 3.92. The molecule has 0 spiro atoms. The van der Waals surface area contributed by atoms with Gasteiger partial charge in [0.1, 0.15) is 0 Å². The van der Waals surface area contributed by atoms with Gasteiger partial charge in [-0.25, -0.2) is 13.1 Å². The van der Waals surface area contributed by atoms with Crippen molar-refractivity contribution in [2.45, 2.75) is 31.6 Å². The summed E-state index contributed by atoms with van der Waals surface area (Å²) in [5.41, 5.74) is -0.455. The molecule has 0 saturated heterocycles. The highest BCUT2D eigenvalue weighted by atomic mass is 79.9. The maximum atomic E-state index is 11.5. The first kappa shape index (κ1) is 13.9. The fraction of sp³-hybridized carbons (Fsp3) is 1.00. The van der Waals surface area contributed by atoms with E-state index in [-0.39, 0.29) is 0 Å². The smallest absolute Gasteiger partial charge is 0.212 e. The second-order valence-electron chi connectivity index (χ2n) is 3.52. The van der Waals surface area contributed by atoms with Crippen LogP contribution in [-0.2, 0) is 10.0 Å². The molecule has 0 aliphatic rings. The van der Waals surface area contributed by atoms with Crippen LogP contribution in [0.15, 0.2) is 0 Å². The van der Waals surface area contributed by atoms with Crippen molar-refractivity contribution in [2.75, 3.05) is 10.7 Å². The van der Waals surface area contributed by atoms with Crippen LogP contribution in [0.3, 0.4) is 0 Å². The van der Waals surface area contributed by atoms with Crippen LogP contribution in [0.5, 0.6) is 0 Å². The van der Waals surface area contributed by atoms with Crippen LogP contribution in [0.25, 0.3) is 0 Å². The number of hydrogen-bond donors (Lipinski definition) is 1. The summed E-state index contributed by atoms with van der Waals surface area (Å²) < 4.78 is 25.7. The predicted molar refractivity (Wildman–Crippen MR) is 63.2 cm³/mol. The van der Waals surface area contributed by atoms with Crippen molar-refractivity contribution in [1.29, 1.82) is 0 Å². The molecule has 0 radical (unpaired) electrons. The van der Waals surface area contributed by atoms with Gasteiger partial charge in [0.15, 0.2) is 0 Å². The van der Waals surface area contributed by atoms with Crippen molar-refractivity contribution in [3.63, 3.8) is 0 Å². The van der Waals surface area contributed by atoms with Crippen LogP contribution in [0, 0.1) is 0 Å². The highest BCUT2D eigenvalue weighted by molar-refractivity contribution is 9.09. The largest absolute Gasteiger partial charge is 0.214 e. The van der Waals surface area contributed by atoms with Gasteiger partial charge in [-0.05, 0) is 20.8 Å². The third kappa shape index (κ3) is 4.27. The van der Waals surface area contributed by atoms with Gasteiger partial charge in [-0.15, -0.1) is 0 Å². The minimum absolute atomic E-state index is 0.398. The summed E-state index contributed by atoms with van der Waals surface area (Å²) in [6, 6.07) is 0. The molecule has 3 nitrogen and oxygen atoms in total. The highest BCUT2D eigenvalue weighted by Crippen LogP contribution is 2.14. The zero-order chi connectivity index (χ0) is 10.7. The molecule has 0 amide bonds. The molecular formula is C7H15Br2NO2S. The van der Waals surface area contributed by atoms with E-state index in [2.05, 4.69) is 36.6 Å². The molecular weight excluding hydrogens is 322 g/mol. The Bertz CT molecular complexity index is 247. The SMILES string of the molecule is CC(C)S(=O)(=O)NC(C)(CBr)CBr. The van der Waals surface area contributed by atoms with Gasteiger partial charge in [0.2, 0.25) is 10.0 Å². The quantitative estimate of drug-likeness (QED) is 0.779. The van der Waals surface area contributed by atoms with Crippen LogP contribution in [0.4, 0.5) is 0 Å². The summed E-state index contributed by atoms with van der Waals surface area (Å²) in [6.07, 6.45) is 0. The Kier molecular flexibility index (Phi) is 5.43. The molecule has 0 aliphatic heterocycles. The van der Waals surface area contributed by atoms with E-state index in [1.165, 1.54) is 0 Å². The molecule has 0 aromatic carbocycles. The standard InChI is InChI=1S/C7H15Br2NO2S/c1-6(2)13(11,12)10-7(3,4-8)5-9/h6,10H,4-5H2,1-3H3. The van der Waals surface area contributed by atoms with E-state index in [0.717, 1.165) is 0 Å². The van der Waals surface area contributed by atoms with Gasteiger partial charge < -0.3 is 0 Å². The van der Waals surface area contributed by atoms with E-state index in [4.69, 9.17) is 0 Å². The molecule has 0 fully saturated rings. The molecule has 13 heavy (non-hydrogen) atoms. The number of alkyl halides is 2. The van der Waals surface area contributed by atoms with Crippen LogP contribution in [0.2, 0.25) is 0 Å². The second-order valence-corrected chi connectivity index (χ2v) is 6.88. The summed E-state index contributed by atoms with van der Waals surface area (Å²) in [6.45, 7) is 5.16. The number of nitrogens with one attached hydrogen (secondary N) is 1. The lowest BCUT2D eigenvalue weighted by molar-refractivity contribution is 0.503. The summed E-state index contributed by atoms with van der Waals surface area (Å²) in [7, 11) is -3.19. The average molecular weight is 337 g/mol. The Hall–Kier alpha value is 0.870. The molecule has 0 atom stereocenters. The molecule has 0 saturated carbocycles. The number of rotatable bonds is 5. The monoisotopic (exact) mass is 335 g/mol. The average Bonchev–Trinajstić information content (AvgIpc) is 2.03. The summed E-state index contributed by atoms with van der Waals surface area (Å²) >= 11 is 6.55. The Morgan fingerprint density at radius 1 is 1.31 bits per heavy atom. The summed E-state index contributed by atoms with van der Waals surface area (Å²) in [5, 5.41) is 0.763. The van der Waals surface area contributed by atoms with Gasteiger partial charge in [0.05, 0.1) is 5.25 Å². The van der Waals surface area contributed by atoms with Crippen LogP contribution >= 0.6 is 31.9 Å². The first-order chi connectivity index (χ1) is 5.77. The normalized spacial score (nSPS) is 13.7. The zero-order valence-electron chi connectivity index (χ0n) is 7.97. The second kappa shape index (κ2) is 5.09. The Labute approximate surface area is 97.0 Å². The number of hydrogen-bond acceptors (Lipinski definition) is 2. The fourth-order valence-electron chi connectivity index (χ4n) is 0.552. The van der Waals surface area contributed by atoms with Crippen LogP contribution in [0.1, 0.15) is 20.8 Å². The van der Waals surface area contributed by atoms with Crippen molar-refractivity contribution in [2.24, 2.45) is 0 Å². The van der Waals surface area contributed by atoms with Crippen molar-refractivity contribution in [3.05, 3.63) is 0 Å². The van der Waals surface area contributed by atoms with E-state index < -0.39 is 20.8 Å². The van der Waals surface area contributed by atoms with E-state index in [0.29, 0.717) is 10.7 Å². The van der Waals surface area contributed by atoms with Gasteiger partial charge in [0.25, 0.3) is 0 Å². The molecule has 0 bridgehead atoms. The van der Waals surface area contributed by atoms with Crippen molar-refractivity contribution in [1.82, 2.24) is 4.72 Å². The van der Waals surface area contributed by atoms with E-state index in [1.54, 1.807) is 13.8 Å². The Balaban J connectivity index is 4.60. The van der Waals surface area contributed by atoms with E-state index in [9.17, 15) is 8.42 Å². The molecule has 0 rings (SSSR count). The van der Waals surface area contributed by atoms with Crippen LogP contribution < -0.4 is 4.72 Å². The van der Waals surface area contributed by atoms with Crippen LogP contribution in [-0.4, -0.2) is 29.9 Å². The maximum Gasteiger partial charge on any atom is 0.214 e. The lowest BCUT2D eigenvalue weighted by Gasteiger charge is -2.27. The summed E-state index contributed by atoms with van der Waals surface area (Å²) in [5.74, 6) is 0. The fourth-order valence-corrected chi connectivity index (χ4v) is 3.20. The minimum atomic E-state index is -3.19. The lowest BCUT2D eigenvalue weighted by atomic mass is 10.1. The van der Waals surface area contributed by atoms with Gasteiger partial charge in [-0.2, -0.15) is 0 Å². The molecule has 80 valence electrons. The van der Waals surface area contributed by atoms with E-state index >= 15 is 0 Å². The number of sulfonamides is 1. The molecule has 0 heterocycles. The van der Waals surface area contributed by atoms with Gasteiger partial charge in [0, 0.05) is 16.2 Å². The Morgan fingerprint density at radius 2 is 1.69 bits per heavy atom. The lowest BCUT2D eigenvalue weighted by Crippen LogP contribution is -2.50. The molecule has 0 aliphatic carbocycles. The third-order valence-electron chi connectivity index (χ3n) is 1.60.